The van der Waals surface area contributed by atoms with Crippen LogP contribution in [0.4, 0.5) is 0 Å². The Balaban J connectivity index is 2.93. The Hall–Kier alpha value is -1.69. The summed E-state index contributed by atoms with van der Waals surface area (Å²) in [5.74, 6) is -0.655. The molecule has 3 nitrogen and oxygen atoms in total. The molecule has 11 heavy (non-hydrogen) atoms. The van der Waals surface area contributed by atoms with E-state index in [-0.39, 0.29) is 0 Å². The maximum Gasteiger partial charge on any atom is 0.141 e. The molecule has 0 radical (unpaired) electrons. The molecule has 0 aliphatic carbocycles. The lowest BCUT2D eigenvalue weighted by molar-refractivity contribution is -0.108. The molecule has 1 atom stereocenters. The molecule has 0 aliphatic rings. The van der Waals surface area contributed by atoms with Crippen molar-refractivity contribution in [1.29, 1.82) is 5.26 Å². The standard InChI is InChI=1S/C8H6N2O/c9-5-8(6-11)7-1-3-10-4-2-7/h1-4,6,8H/t8-/m1/s1. The van der Waals surface area contributed by atoms with Crippen LogP contribution in [-0.4, -0.2) is 11.3 Å². The summed E-state index contributed by atoms with van der Waals surface area (Å²) in [6.07, 6.45) is 3.74. The van der Waals surface area contributed by atoms with E-state index in [2.05, 4.69) is 4.98 Å². The third-order valence-electron chi connectivity index (χ3n) is 1.34. The Labute approximate surface area is 64.3 Å². The van der Waals surface area contributed by atoms with Gasteiger partial charge in [-0.05, 0) is 17.7 Å². The smallest absolute Gasteiger partial charge is 0.141 e. The van der Waals surface area contributed by atoms with Gasteiger partial charge in [-0.1, -0.05) is 0 Å². The van der Waals surface area contributed by atoms with Crippen LogP contribution < -0.4 is 0 Å². The lowest BCUT2D eigenvalue weighted by Gasteiger charge is -1.97. The summed E-state index contributed by atoms with van der Waals surface area (Å²) >= 11 is 0. The Morgan fingerprint density at radius 3 is 2.64 bits per heavy atom. The Kier molecular flexibility index (Phi) is 2.34. The van der Waals surface area contributed by atoms with Gasteiger partial charge in [-0.15, -0.1) is 0 Å². The summed E-state index contributed by atoms with van der Waals surface area (Å²) in [5.41, 5.74) is 0.692. The number of hydrogen-bond acceptors (Lipinski definition) is 3. The molecule has 0 unspecified atom stereocenters. The highest BCUT2D eigenvalue weighted by atomic mass is 16.1. The van der Waals surface area contributed by atoms with Gasteiger partial charge in [0.05, 0.1) is 6.07 Å². The Morgan fingerprint density at radius 2 is 2.18 bits per heavy atom. The quantitative estimate of drug-likeness (QED) is 0.582. The van der Waals surface area contributed by atoms with Crippen LogP contribution in [0.5, 0.6) is 0 Å². The highest BCUT2D eigenvalue weighted by Gasteiger charge is 2.06. The van der Waals surface area contributed by atoms with Crippen LogP contribution >= 0.6 is 0 Å². The SMILES string of the molecule is N#C[C@H](C=O)c1ccncc1. The predicted octanol–water partition coefficient (Wildman–Crippen LogP) is 0.888. The van der Waals surface area contributed by atoms with Crippen molar-refractivity contribution >= 4 is 6.29 Å². The maximum absolute atomic E-state index is 10.3. The monoisotopic (exact) mass is 146 g/mol. The van der Waals surface area contributed by atoms with Crippen molar-refractivity contribution in [1.82, 2.24) is 4.98 Å². The van der Waals surface area contributed by atoms with Crippen molar-refractivity contribution in [3.8, 4) is 6.07 Å². The third-order valence-corrected chi connectivity index (χ3v) is 1.34. The van der Waals surface area contributed by atoms with Gasteiger partial charge in [-0.2, -0.15) is 5.26 Å². The zero-order valence-corrected chi connectivity index (χ0v) is 5.77. The fraction of sp³-hybridized carbons (Fsp3) is 0.125. The normalized spacial score (nSPS) is 11.5. The van der Waals surface area contributed by atoms with Crippen molar-refractivity contribution in [2.24, 2.45) is 0 Å². The van der Waals surface area contributed by atoms with E-state index in [1.54, 1.807) is 24.5 Å². The van der Waals surface area contributed by atoms with Crippen LogP contribution in [0.3, 0.4) is 0 Å². The zero-order valence-electron chi connectivity index (χ0n) is 5.77. The van der Waals surface area contributed by atoms with Crippen LogP contribution in [0.25, 0.3) is 0 Å². The largest absolute Gasteiger partial charge is 0.302 e. The van der Waals surface area contributed by atoms with Crippen molar-refractivity contribution in [3.05, 3.63) is 30.1 Å². The maximum atomic E-state index is 10.3. The molecule has 0 saturated carbocycles. The number of pyridine rings is 1. The molecule has 0 amide bonds. The fourth-order valence-corrected chi connectivity index (χ4v) is 0.754. The van der Waals surface area contributed by atoms with Crippen LogP contribution in [-0.2, 0) is 4.79 Å². The number of rotatable bonds is 2. The molecule has 0 aromatic carbocycles. The van der Waals surface area contributed by atoms with Gasteiger partial charge in [-0.25, -0.2) is 0 Å². The molecule has 1 aromatic rings. The molecule has 0 fully saturated rings. The second-order valence-electron chi connectivity index (χ2n) is 2.02. The minimum Gasteiger partial charge on any atom is -0.302 e. The van der Waals surface area contributed by atoms with E-state index in [4.69, 9.17) is 5.26 Å². The van der Waals surface area contributed by atoms with E-state index in [0.717, 1.165) is 0 Å². The molecule has 0 saturated heterocycles. The van der Waals surface area contributed by atoms with Gasteiger partial charge in [0.15, 0.2) is 0 Å². The molecular weight excluding hydrogens is 140 g/mol. The molecule has 54 valence electrons. The van der Waals surface area contributed by atoms with Crippen LogP contribution in [0, 0.1) is 11.3 Å². The first-order chi connectivity index (χ1) is 5.38. The lowest BCUT2D eigenvalue weighted by Crippen LogP contribution is -1.95. The highest BCUT2D eigenvalue weighted by molar-refractivity contribution is 5.66. The Morgan fingerprint density at radius 1 is 1.55 bits per heavy atom. The minimum atomic E-state index is -0.655. The predicted molar refractivity (Wildman–Crippen MR) is 38.7 cm³/mol. The fourth-order valence-electron chi connectivity index (χ4n) is 0.754. The van der Waals surface area contributed by atoms with Crippen molar-refractivity contribution < 1.29 is 4.79 Å². The number of hydrogen-bond donors (Lipinski definition) is 0. The second-order valence-corrected chi connectivity index (χ2v) is 2.02. The summed E-state index contributed by atoms with van der Waals surface area (Å²) in [7, 11) is 0. The topological polar surface area (TPSA) is 53.8 Å². The first-order valence-electron chi connectivity index (χ1n) is 3.13. The third kappa shape index (κ3) is 1.62. The molecular formula is C8H6N2O. The lowest BCUT2D eigenvalue weighted by atomic mass is 10.0. The van der Waals surface area contributed by atoms with E-state index in [1.807, 2.05) is 6.07 Å². The van der Waals surface area contributed by atoms with Gasteiger partial charge in [-0.3, -0.25) is 4.98 Å². The van der Waals surface area contributed by atoms with Crippen LogP contribution in [0.15, 0.2) is 24.5 Å². The van der Waals surface area contributed by atoms with Crippen LogP contribution in [0.2, 0.25) is 0 Å². The molecule has 0 spiro atoms. The highest BCUT2D eigenvalue weighted by Crippen LogP contribution is 2.09. The van der Waals surface area contributed by atoms with Crippen LogP contribution in [0.1, 0.15) is 11.5 Å². The average Bonchev–Trinajstić information content (AvgIpc) is 2.09. The van der Waals surface area contributed by atoms with Gasteiger partial charge < -0.3 is 4.79 Å². The van der Waals surface area contributed by atoms with Gasteiger partial charge >= 0.3 is 0 Å². The van der Waals surface area contributed by atoms with Gasteiger partial charge in [0, 0.05) is 12.4 Å². The molecule has 0 aliphatic heterocycles. The summed E-state index contributed by atoms with van der Waals surface area (Å²) in [6, 6.07) is 5.18. The molecule has 1 rings (SSSR count). The van der Waals surface area contributed by atoms with E-state index >= 15 is 0 Å². The minimum absolute atomic E-state index is 0.620. The van der Waals surface area contributed by atoms with Crippen molar-refractivity contribution in [2.75, 3.05) is 0 Å². The van der Waals surface area contributed by atoms with E-state index < -0.39 is 5.92 Å². The summed E-state index contributed by atoms with van der Waals surface area (Å²) in [5, 5.41) is 8.48. The van der Waals surface area contributed by atoms with E-state index in [9.17, 15) is 4.79 Å². The zero-order chi connectivity index (χ0) is 8.10. The van der Waals surface area contributed by atoms with Crippen molar-refractivity contribution in [3.63, 3.8) is 0 Å². The molecule has 0 N–H and O–H groups in total. The number of nitriles is 1. The number of aromatic nitrogens is 1. The summed E-state index contributed by atoms with van der Waals surface area (Å²) in [4.78, 5) is 14.1. The van der Waals surface area contributed by atoms with Gasteiger partial charge in [0.1, 0.15) is 12.2 Å². The van der Waals surface area contributed by atoms with E-state index in [0.29, 0.717) is 11.8 Å². The molecule has 3 heteroatoms. The van der Waals surface area contributed by atoms with Gasteiger partial charge in [0.25, 0.3) is 0 Å². The molecule has 1 heterocycles. The summed E-state index contributed by atoms with van der Waals surface area (Å²) in [6.45, 7) is 0. The molecule has 1 aromatic heterocycles. The number of carbonyl (C=O) groups is 1. The number of nitrogens with zero attached hydrogens (tertiary/aromatic N) is 2. The van der Waals surface area contributed by atoms with Crippen molar-refractivity contribution in [2.45, 2.75) is 5.92 Å². The molecule has 0 bridgehead atoms. The number of carbonyl (C=O) groups excluding carboxylic acids is 1. The number of aldehydes is 1. The first kappa shape index (κ1) is 7.42. The van der Waals surface area contributed by atoms with E-state index in [1.165, 1.54) is 0 Å². The second kappa shape index (κ2) is 3.47. The van der Waals surface area contributed by atoms with Gasteiger partial charge in [0.2, 0.25) is 0 Å². The summed E-state index contributed by atoms with van der Waals surface area (Å²) < 4.78 is 0. The Bertz CT molecular complexity index is 276. The average molecular weight is 146 g/mol. The first-order valence-corrected chi connectivity index (χ1v) is 3.13.